The van der Waals surface area contributed by atoms with Gasteiger partial charge in [-0.15, -0.1) is 10.2 Å². The maximum atomic E-state index is 11.9. The van der Waals surface area contributed by atoms with Gasteiger partial charge in [0.25, 0.3) is 5.91 Å². The van der Waals surface area contributed by atoms with Crippen molar-refractivity contribution in [2.75, 3.05) is 5.32 Å². The van der Waals surface area contributed by atoms with Crippen molar-refractivity contribution in [3.05, 3.63) is 46.5 Å². The third-order valence-electron chi connectivity index (χ3n) is 3.67. The lowest BCUT2D eigenvalue weighted by molar-refractivity contribution is -0.111. The van der Waals surface area contributed by atoms with Crippen LogP contribution in [0.1, 0.15) is 47.1 Å². The Morgan fingerprint density at radius 3 is 2.68 bits per heavy atom. The molecular formula is C18H20N4O2S. The molecule has 0 spiro atoms. The minimum absolute atomic E-state index is 0.0464. The Balaban J connectivity index is 1.53. The molecule has 2 amide bonds. The lowest BCUT2D eigenvalue weighted by Gasteiger charge is -2.03. The summed E-state index contributed by atoms with van der Waals surface area (Å²) in [6, 6.07) is 7.49. The van der Waals surface area contributed by atoms with E-state index in [1.807, 2.05) is 12.1 Å². The van der Waals surface area contributed by atoms with E-state index >= 15 is 0 Å². The summed E-state index contributed by atoms with van der Waals surface area (Å²) in [6.45, 7) is 2.07. The molecule has 0 saturated heterocycles. The van der Waals surface area contributed by atoms with Crippen LogP contribution in [0.3, 0.4) is 0 Å². The van der Waals surface area contributed by atoms with Crippen molar-refractivity contribution in [2.45, 2.75) is 38.6 Å². The Hall–Kier alpha value is -2.54. The largest absolute Gasteiger partial charge is 0.349 e. The van der Waals surface area contributed by atoms with Crippen LogP contribution < -0.4 is 10.6 Å². The molecule has 7 heteroatoms. The Morgan fingerprint density at radius 1 is 1.24 bits per heavy atom. The number of amides is 2. The molecule has 0 unspecified atom stereocenters. The fourth-order valence-electron chi connectivity index (χ4n) is 2.18. The van der Waals surface area contributed by atoms with Crippen molar-refractivity contribution in [1.82, 2.24) is 15.5 Å². The molecule has 6 nitrogen and oxygen atoms in total. The average molecular weight is 356 g/mol. The number of benzene rings is 1. The number of anilines is 1. The van der Waals surface area contributed by atoms with E-state index in [-0.39, 0.29) is 11.8 Å². The molecule has 1 saturated carbocycles. The molecule has 2 N–H and O–H groups in total. The van der Waals surface area contributed by atoms with Crippen LogP contribution in [0.25, 0.3) is 6.08 Å². The van der Waals surface area contributed by atoms with Gasteiger partial charge in [-0.25, -0.2) is 0 Å². The standard InChI is InChI=1S/C18H20N4O2S/c1-2-3-16-21-22-18(25-16)20-15(23)11-6-12-4-7-13(8-5-12)17(24)19-14-9-10-14/h4-8,11,14H,2-3,9-10H2,1H3,(H,19,24)(H,20,22,23)/b11-6+. The fourth-order valence-corrected chi connectivity index (χ4v) is 3.02. The predicted molar refractivity (Wildman–Crippen MR) is 98.5 cm³/mol. The quantitative estimate of drug-likeness (QED) is 0.747. The van der Waals surface area contributed by atoms with Gasteiger partial charge in [0.15, 0.2) is 0 Å². The van der Waals surface area contributed by atoms with Gasteiger partial charge in [0, 0.05) is 24.1 Å². The number of aromatic nitrogens is 2. The number of carbonyl (C=O) groups is 2. The monoisotopic (exact) mass is 356 g/mol. The number of hydrogen-bond donors (Lipinski definition) is 2. The van der Waals surface area contributed by atoms with E-state index < -0.39 is 0 Å². The smallest absolute Gasteiger partial charge is 0.251 e. The van der Waals surface area contributed by atoms with E-state index in [0.717, 1.165) is 36.3 Å². The van der Waals surface area contributed by atoms with Gasteiger partial charge in [0.1, 0.15) is 5.01 Å². The molecule has 1 aromatic heterocycles. The highest BCUT2D eigenvalue weighted by Gasteiger charge is 2.23. The van der Waals surface area contributed by atoms with E-state index in [0.29, 0.717) is 16.7 Å². The number of nitrogens with one attached hydrogen (secondary N) is 2. The van der Waals surface area contributed by atoms with Crippen molar-refractivity contribution < 1.29 is 9.59 Å². The summed E-state index contributed by atoms with van der Waals surface area (Å²) in [7, 11) is 0. The Kier molecular flexibility index (Phi) is 5.55. The maximum Gasteiger partial charge on any atom is 0.251 e. The lowest BCUT2D eigenvalue weighted by atomic mass is 10.1. The van der Waals surface area contributed by atoms with Gasteiger partial charge >= 0.3 is 0 Å². The maximum absolute atomic E-state index is 11.9. The SMILES string of the molecule is CCCc1nnc(NC(=O)/C=C/c2ccc(C(=O)NC3CC3)cc2)s1. The number of aryl methyl sites for hydroxylation is 1. The van der Waals surface area contributed by atoms with Gasteiger partial charge in [0.2, 0.25) is 11.0 Å². The summed E-state index contributed by atoms with van der Waals surface area (Å²) in [5.74, 6) is -0.301. The van der Waals surface area contributed by atoms with Gasteiger partial charge in [-0.3, -0.25) is 14.9 Å². The van der Waals surface area contributed by atoms with Crippen molar-refractivity contribution in [2.24, 2.45) is 0 Å². The van der Waals surface area contributed by atoms with Crippen LogP contribution in [-0.4, -0.2) is 28.1 Å². The molecule has 1 heterocycles. The lowest BCUT2D eigenvalue weighted by Crippen LogP contribution is -2.25. The molecule has 25 heavy (non-hydrogen) atoms. The van der Waals surface area contributed by atoms with E-state index in [1.165, 1.54) is 17.4 Å². The number of carbonyl (C=O) groups excluding carboxylic acids is 2. The highest BCUT2D eigenvalue weighted by molar-refractivity contribution is 7.15. The van der Waals surface area contributed by atoms with E-state index in [2.05, 4.69) is 27.8 Å². The first-order valence-corrected chi connectivity index (χ1v) is 9.18. The molecule has 130 valence electrons. The normalized spacial score (nSPS) is 13.8. The Labute approximate surface area is 150 Å². The molecule has 1 aromatic carbocycles. The van der Waals surface area contributed by atoms with Gasteiger partial charge < -0.3 is 5.32 Å². The molecule has 0 radical (unpaired) electrons. The summed E-state index contributed by atoms with van der Waals surface area (Å²) in [6.07, 6.45) is 7.14. The minimum atomic E-state index is -0.255. The van der Waals surface area contributed by atoms with E-state index in [4.69, 9.17) is 0 Å². The number of nitrogens with zero attached hydrogens (tertiary/aromatic N) is 2. The molecule has 1 aliphatic carbocycles. The summed E-state index contributed by atoms with van der Waals surface area (Å²) in [5, 5.41) is 15.0. The fraction of sp³-hybridized carbons (Fsp3) is 0.333. The second-order valence-electron chi connectivity index (χ2n) is 5.94. The zero-order chi connectivity index (χ0) is 17.6. The van der Waals surface area contributed by atoms with Gasteiger partial charge in [0.05, 0.1) is 0 Å². The third-order valence-corrected chi connectivity index (χ3v) is 4.57. The zero-order valence-corrected chi connectivity index (χ0v) is 14.8. The van der Waals surface area contributed by atoms with Crippen molar-refractivity contribution in [1.29, 1.82) is 0 Å². The average Bonchev–Trinajstić information content (AvgIpc) is 3.32. The Bertz CT molecular complexity index is 779. The van der Waals surface area contributed by atoms with Crippen molar-refractivity contribution >= 4 is 34.4 Å². The first-order chi connectivity index (χ1) is 12.1. The second kappa shape index (κ2) is 8.02. The first-order valence-electron chi connectivity index (χ1n) is 8.36. The van der Waals surface area contributed by atoms with Crippen LogP contribution in [0.4, 0.5) is 5.13 Å². The summed E-state index contributed by atoms with van der Waals surface area (Å²) < 4.78 is 0. The topological polar surface area (TPSA) is 84.0 Å². The van der Waals surface area contributed by atoms with Crippen LogP contribution in [0.15, 0.2) is 30.3 Å². The molecular weight excluding hydrogens is 336 g/mol. The summed E-state index contributed by atoms with van der Waals surface area (Å²) >= 11 is 1.39. The van der Waals surface area contributed by atoms with Gasteiger partial charge in [-0.05, 0) is 43.0 Å². The van der Waals surface area contributed by atoms with Crippen LogP contribution in [0, 0.1) is 0 Å². The molecule has 2 aromatic rings. The molecule has 3 rings (SSSR count). The highest BCUT2D eigenvalue weighted by Crippen LogP contribution is 2.19. The van der Waals surface area contributed by atoms with Crippen LogP contribution in [0.2, 0.25) is 0 Å². The van der Waals surface area contributed by atoms with E-state index in [9.17, 15) is 9.59 Å². The van der Waals surface area contributed by atoms with E-state index in [1.54, 1.807) is 18.2 Å². The number of hydrogen-bond acceptors (Lipinski definition) is 5. The zero-order valence-electron chi connectivity index (χ0n) is 14.0. The molecule has 1 aliphatic rings. The molecule has 1 fully saturated rings. The first kappa shape index (κ1) is 17.3. The van der Waals surface area contributed by atoms with Gasteiger partial charge in [-0.2, -0.15) is 0 Å². The van der Waals surface area contributed by atoms with Crippen LogP contribution in [-0.2, 0) is 11.2 Å². The summed E-state index contributed by atoms with van der Waals surface area (Å²) in [4.78, 5) is 23.9. The Morgan fingerprint density at radius 2 is 2.00 bits per heavy atom. The number of rotatable bonds is 7. The van der Waals surface area contributed by atoms with Crippen LogP contribution >= 0.6 is 11.3 Å². The van der Waals surface area contributed by atoms with Crippen molar-refractivity contribution in [3.8, 4) is 0 Å². The minimum Gasteiger partial charge on any atom is -0.349 e. The third kappa shape index (κ3) is 5.22. The summed E-state index contributed by atoms with van der Waals surface area (Å²) in [5.41, 5.74) is 1.48. The van der Waals surface area contributed by atoms with Gasteiger partial charge in [-0.1, -0.05) is 30.4 Å². The van der Waals surface area contributed by atoms with Crippen molar-refractivity contribution in [3.63, 3.8) is 0 Å². The van der Waals surface area contributed by atoms with Crippen LogP contribution in [0.5, 0.6) is 0 Å². The highest BCUT2D eigenvalue weighted by atomic mass is 32.1. The predicted octanol–water partition coefficient (Wildman–Crippen LogP) is 3.03. The molecule has 0 bridgehead atoms. The molecule has 0 aliphatic heterocycles. The second-order valence-corrected chi connectivity index (χ2v) is 7.01. The molecule has 0 atom stereocenters.